The Labute approximate surface area is 549 Å². The number of nitrogens with one attached hydrogen (secondary N) is 8. The van der Waals surface area contributed by atoms with Crippen molar-refractivity contribution < 1.29 is 141 Å². The number of aliphatic hydroxyl groups excluding tert-OH is 9. The van der Waals surface area contributed by atoms with Crippen LogP contribution >= 0.6 is 7.60 Å². The Morgan fingerprint density at radius 1 is 0.484 bits per heavy atom. The van der Waals surface area contributed by atoms with E-state index in [1.54, 1.807) is 20.8 Å². The summed E-state index contributed by atoms with van der Waals surface area (Å²) in [6.07, 6.45) is -17.7. The van der Waals surface area contributed by atoms with Gasteiger partial charge in [0.2, 0.25) is 47.3 Å². The first-order valence-electron chi connectivity index (χ1n) is 31.6. The third-order valence-electron chi connectivity index (χ3n) is 15.7. The SMILES string of the molecule is CC(=O)NC1C(OCCOCCNC(=O)CCC(NC(=O)CCC(NC(=O)C2CCC(OP(=O)(O)C(C)(C)C)CC2)C(=O)NCCOCCOC2OC(CO)C(O)C(O)C2NC(C)=O)C(=O)NCCOCCOC2OC(CO)C(O)C(O)C2NC(C)=O)OC(CO)C(O)C1O. The van der Waals surface area contributed by atoms with Gasteiger partial charge in [-0.25, -0.2) is 0 Å². The van der Waals surface area contributed by atoms with Crippen LogP contribution in [0.2, 0.25) is 0 Å². The maximum Gasteiger partial charge on any atom is 0.333 e. The number of hydrogen-bond donors (Lipinski definition) is 18. The van der Waals surface area contributed by atoms with Crippen molar-refractivity contribution in [3.8, 4) is 0 Å². The zero-order valence-electron chi connectivity index (χ0n) is 54.4. The quantitative estimate of drug-likeness (QED) is 0.0200. The van der Waals surface area contributed by atoms with E-state index < -0.39 is 202 Å². The summed E-state index contributed by atoms with van der Waals surface area (Å²) in [5, 5.41) is 111. The highest BCUT2D eigenvalue weighted by Crippen LogP contribution is 2.57. The van der Waals surface area contributed by atoms with Crippen molar-refractivity contribution >= 4 is 54.9 Å². The molecule has 8 amide bonds. The molecule has 0 radical (unpaired) electrons. The number of carbonyl (C=O) groups is 8. The number of rotatable bonds is 40. The van der Waals surface area contributed by atoms with Gasteiger partial charge in [0.05, 0.1) is 90.5 Å². The minimum absolute atomic E-state index is 0.0325. The van der Waals surface area contributed by atoms with Gasteiger partial charge in [-0.15, -0.1) is 0 Å². The fourth-order valence-electron chi connectivity index (χ4n) is 10.3. The van der Waals surface area contributed by atoms with E-state index in [9.17, 15) is 93.8 Å². The van der Waals surface area contributed by atoms with E-state index in [-0.39, 0.29) is 124 Å². The lowest BCUT2D eigenvalue weighted by molar-refractivity contribution is -0.272. The summed E-state index contributed by atoms with van der Waals surface area (Å²) in [6.45, 7) is 4.93. The van der Waals surface area contributed by atoms with Gasteiger partial charge < -0.3 is 141 Å². The summed E-state index contributed by atoms with van der Waals surface area (Å²) in [7, 11) is -4.03. The maximum atomic E-state index is 13.9. The van der Waals surface area contributed by atoms with Crippen LogP contribution in [0.3, 0.4) is 0 Å². The van der Waals surface area contributed by atoms with Crippen molar-refractivity contribution in [1.82, 2.24) is 42.5 Å². The Morgan fingerprint density at radius 3 is 1.18 bits per heavy atom. The van der Waals surface area contributed by atoms with E-state index in [2.05, 4.69) is 42.5 Å². The fraction of sp³-hybridized carbons (Fsp3) is 0.860. The molecule has 1 saturated carbocycles. The van der Waals surface area contributed by atoms with Crippen LogP contribution in [0.1, 0.15) is 92.9 Å². The maximum absolute atomic E-state index is 13.9. The van der Waals surface area contributed by atoms with E-state index in [4.69, 9.17) is 47.2 Å². The summed E-state index contributed by atoms with van der Waals surface area (Å²) < 4.78 is 68.8. The normalized spacial score (nSPS) is 29.9. The molecule has 1 aliphatic carbocycles. The van der Waals surface area contributed by atoms with Crippen molar-refractivity contribution in [3.05, 3.63) is 0 Å². The van der Waals surface area contributed by atoms with Crippen LogP contribution < -0.4 is 42.5 Å². The van der Waals surface area contributed by atoms with Crippen molar-refractivity contribution in [1.29, 1.82) is 0 Å². The molecule has 0 aromatic rings. The van der Waals surface area contributed by atoms with E-state index in [0.29, 0.717) is 0 Å². The molecule has 548 valence electrons. The molecule has 95 heavy (non-hydrogen) atoms. The van der Waals surface area contributed by atoms with E-state index in [1.165, 1.54) is 20.8 Å². The number of hydrogen-bond acceptors (Lipinski definition) is 28. The van der Waals surface area contributed by atoms with Crippen molar-refractivity contribution in [2.45, 2.75) is 208 Å². The standard InChI is InChI=1S/C57H101N8O29P/c1-30(69)61-42-48(77)45(74)37(27-66)91-54(42)88-24-21-85-18-15-58-40(72)13-11-35(52(81)59-16-19-86-22-25-89-55-43(62-31(2)70)49(78)46(75)38(28-67)92-55)64-41(73)14-12-36(65-51(80)33-7-9-34(10-8-33)94-95(83,84)57(4,5)6)53(82)60-17-20-87-23-26-90-56-44(63-32(3)71)50(79)47(76)39(29-68)93-56/h33-39,42-50,54-56,66-68,74-79H,7-29H2,1-6H3,(H,58,72)(H,59,81)(H,60,82)(H,61,69)(H,62,70)(H,63,71)(H,64,73)(H,65,80)(H,83,84). The molecular weight excluding hydrogens is 1290 g/mol. The summed E-state index contributed by atoms with van der Waals surface area (Å²) in [5.41, 5.74) is 0. The van der Waals surface area contributed by atoms with Crippen LogP contribution in [0.15, 0.2) is 0 Å². The van der Waals surface area contributed by atoms with Crippen LogP contribution in [0.4, 0.5) is 0 Å². The Morgan fingerprint density at radius 2 is 0.832 bits per heavy atom. The van der Waals surface area contributed by atoms with Crippen LogP contribution in [-0.2, 0) is 90.1 Å². The van der Waals surface area contributed by atoms with Gasteiger partial charge in [0, 0.05) is 59.2 Å². The third-order valence-corrected chi connectivity index (χ3v) is 18.0. The summed E-state index contributed by atoms with van der Waals surface area (Å²) in [4.78, 5) is 114. The molecule has 18 N–H and O–H groups in total. The predicted molar refractivity (Wildman–Crippen MR) is 324 cm³/mol. The van der Waals surface area contributed by atoms with Gasteiger partial charge in [0.25, 0.3) is 0 Å². The highest BCUT2D eigenvalue weighted by Gasteiger charge is 2.48. The lowest BCUT2D eigenvalue weighted by atomic mass is 9.86. The molecule has 4 rings (SSSR count). The molecule has 3 saturated heterocycles. The van der Waals surface area contributed by atoms with Gasteiger partial charge in [-0.2, -0.15) is 0 Å². The number of ether oxygens (including phenoxy) is 9. The second-order valence-electron chi connectivity index (χ2n) is 24.2. The molecule has 0 bridgehead atoms. The van der Waals surface area contributed by atoms with E-state index >= 15 is 0 Å². The summed E-state index contributed by atoms with van der Waals surface area (Å²) in [5.74, 6) is -5.67. The molecular formula is C57H101N8O29P. The minimum atomic E-state index is -4.03. The minimum Gasteiger partial charge on any atom is -0.394 e. The van der Waals surface area contributed by atoms with Crippen LogP contribution in [0, 0.1) is 5.92 Å². The van der Waals surface area contributed by atoms with E-state index in [0.717, 1.165) is 0 Å². The molecule has 18 atom stereocenters. The zero-order valence-corrected chi connectivity index (χ0v) is 55.3. The number of carbonyl (C=O) groups excluding carboxylic acids is 8. The van der Waals surface area contributed by atoms with Crippen molar-refractivity contribution in [3.63, 3.8) is 0 Å². The molecule has 0 spiro atoms. The summed E-state index contributed by atoms with van der Waals surface area (Å²) in [6, 6.07) is -6.28. The topological polar surface area (TPSA) is 544 Å². The van der Waals surface area contributed by atoms with Gasteiger partial charge in [0.15, 0.2) is 18.9 Å². The zero-order chi connectivity index (χ0) is 70.6. The Balaban J connectivity index is 1.37. The highest BCUT2D eigenvalue weighted by atomic mass is 31.2. The highest BCUT2D eigenvalue weighted by molar-refractivity contribution is 7.54. The molecule has 38 heteroatoms. The first-order valence-corrected chi connectivity index (χ1v) is 33.2. The monoisotopic (exact) mass is 1390 g/mol. The smallest absolute Gasteiger partial charge is 0.333 e. The van der Waals surface area contributed by atoms with Crippen molar-refractivity contribution in [2.75, 3.05) is 98.9 Å². The Kier molecular flexibility index (Phi) is 36.1. The second-order valence-corrected chi connectivity index (χ2v) is 26.8. The molecule has 4 fully saturated rings. The molecule has 0 aromatic carbocycles. The molecule has 3 aliphatic heterocycles. The lowest BCUT2D eigenvalue weighted by Gasteiger charge is -2.42. The van der Waals surface area contributed by atoms with Gasteiger partial charge >= 0.3 is 7.60 Å². The predicted octanol–water partition coefficient (Wildman–Crippen LogP) is -7.65. The Hall–Kier alpha value is -4.81. The fourth-order valence-corrected chi connectivity index (χ4v) is 11.3. The Bertz CT molecular complexity index is 2450. The molecule has 37 nitrogen and oxygen atoms in total. The largest absolute Gasteiger partial charge is 0.394 e. The average molecular weight is 1390 g/mol. The van der Waals surface area contributed by atoms with Crippen LogP contribution in [0.5, 0.6) is 0 Å². The van der Waals surface area contributed by atoms with E-state index in [1.807, 2.05) is 0 Å². The van der Waals surface area contributed by atoms with Crippen LogP contribution in [0.25, 0.3) is 0 Å². The van der Waals surface area contributed by atoms with Crippen LogP contribution in [-0.4, -0.2) is 312 Å². The van der Waals surface area contributed by atoms with Gasteiger partial charge in [-0.3, -0.25) is 42.9 Å². The molecule has 4 aliphatic rings. The molecule has 3 heterocycles. The van der Waals surface area contributed by atoms with Crippen molar-refractivity contribution in [2.24, 2.45) is 5.92 Å². The van der Waals surface area contributed by atoms with Gasteiger partial charge in [-0.05, 0) is 59.3 Å². The van der Waals surface area contributed by atoms with Gasteiger partial charge in [-0.1, -0.05) is 0 Å². The van der Waals surface area contributed by atoms with Gasteiger partial charge in [0.1, 0.15) is 85.1 Å². The number of amides is 8. The molecule has 18 unspecified atom stereocenters. The third kappa shape index (κ3) is 27.4. The molecule has 0 aromatic heterocycles. The first-order chi connectivity index (χ1) is 44.9. The first kappa shape index (κ1) is 82.6. The lowest BCUT2D eigenvalue weighted by Crippen LogP contribution is -2.64. The number of aliphatic hydroxyl groups is 9. The second kappa shape index (κ2) is 41.6. The average Bonchev–Trinajstić information content (AvgIpc) is 0.886. The summed E-state index contributed by atoms with van der Waals surface area (Å²) >= 11 is 0.